The molecule has 1 atom stereocenters. The summed E-state index contributed by atoms with van der Waals surface area (Å²) in [6.45, 7) is 2.03. The minimum atomic E-state index is -0.819. The quantitative estimate of drug-likeness (QED) is 0.212. The number of hydrogen-bond acceptors (Lipinski definition) is 4. The van der Waals surface area contributed by atoms with E-state index < -0.39 is 11.9 Å². The largest absolute Gasteiger partial charge is 0.508 e. The number of imidazole rings is 1. The number of aromatic nitrogens is 2. The van der Waals surface area contributed by atoms with Crippen LogP contribution in [0.3, 0.4) is 0 Å². The van der Waals surface area contributed by atoms with Crippen LogP contribution in [-0.2, 0) is 11.3 Å². The van der Waals surface area contributed by atoms with Gasteiger partial charge >= 0.3 is 0 Å². The van der Waals surface area contributed by atoms with E-state index in [0.717, 1.165) is 5.56 Å². The van der Waals surface area contributed by atoms with E-state index >= 15 is 0 Å². The van der Waals surface area contributed by atoms with E-state index in [1.807, 2.05) is 41.0 Å². The van der Waals surface area contributed by atoms with Crippen LogP contribution in [0.5, 0.6) is 5.75 Å². The second-order valence-corrected chi connectivity index (χ2v) is 9.88. The van der Waals surface area contributed by atoms with Crippen LogP contribution in [0, 0.1) is 0 Å². The first-order chi connectivity index (χ1) is 18.8. The van der Waals surface area contributed by atoms with E-state index in [9.17, 15) is 14.7 Å². The summed E-state index contributed by atoms with van der Waals surface area (Å²) < 4.78 is 1.93. The molecule has 5 rings (SSSR count). The van der Waals surface area contributed by atoms with Crippen LogP contribution in [0.25, 0.3) is 22.4 Å². The molecule has 0 saturated carbocycles. The van der Waals surface area contributed by atoms with Gasteiger partial charge in [-0.05, 0) is 67.1 Å². The third kappa shape index (κ3) is 5.74. The predicted molar refractivity (Wildman–Crippen MR) is 154 cm³/mol. The SMILES string of the molecule is C[C@H](NC(=O)c1cccc2nc(-c3ccc(O)cc3Cl)n(Cc3ccccc3)c12)C(=O)Nc1ccc(Cl)cc1. The number of aromatic hydroxyl groups is 1. The van der Waals surface area contributed by atoms with Crippen molar-refractivity contribution in [2.75, 3.05) is 5.32 Å². The average molecular weight is 559 g/mol. The zero-order valence-electron chi connectivity index (χ0n) is 20.9. The van der Waals surface area contributed by atoms with Gasteiger partial charge < -0.3 is 20.3 Å². The predicted octanol–water partition coefficient (Wildman–Crippen LogP) is 6.52. The molecular formula is C30H24Cl2N4O3. The van der Waals surface area contributed by atoms with Crippen LogP contribution in [0.4, 0.5) is 5.69 Å². The Balaban J connectivity index is 1.52. The summed E-state index contributed by atoms with van der Waals surface area (Å²) in [5.74, 6) is -0.197. The van der Waals surface area contributed by atoms with E-state index in [0.29, 0.717) is 50.3 Å². The van der Waals surface area contributed by atoms with Gasteiger partial charge in [-0.25, -0.2) is 4.98 Å². The molecule has 3 N–H and O–H groups in total. The monoisotopic (exact) mass is 558 g/mol. The van der Waals surface area contributed by atoms with Gasteiger partial charge in [0.05, 0.1) is 21.6 Å². The van der Waals surface area contributed by atoms with Crippen molar-refractivity contribution >= 4 is 51.7 Å². The molecule has 2 amide bonds. The highest BCUT2D eigenvalue weighted by molar-refractivity contribution is 6.33. The number of nitrogens with zero attached hydrogens (tertiary/aromatic N) is 2. The van der Waals surface area contributed by atoms with Crippen LogP contribution in [0.2, 0.25) is 10.0 Å². The lowest BCUT2D eigenvalue weighted by molar-refractivity contribution is -0.117. The van der Waals surface area contributed by atoms with Gasteiger partial charge in [0.1, 0.15) is 17.6 Å². The average Bonchev–Trinajstić information content (AvgIpc) is 3.28. The number of phenols is 1. The van der Waals surface area contributed by atoms with Crippen molar-refractivity contribution in [1.82, 2.24) is 14.9 Å². The van der Waals surface area contributed by atoms with Gasteiger partial charge in [0.2, 0.25) is 5.91 Å². The molecule has 0 aliphatic heterocycles. The van der Waals surface area contributed by atoms with E-state index in [4.69, 9.17) is 28.2 Å². The number of amides is 2. The Hall–Kier alpha value is -4.33. The highest BCUT2D eigenvalue weighted by atomic mass is 35.5. The molecule has 9 heteroatoms. The standard InChI is InChI=1S/C30H24Cl2N4O3/c1-18(29(38)34-21-12-10-20(31)11-13-21)33-30(39)24-8-5-9-26-27(24)36(17-19-6-3-2-4-7-19)28(35-26)23-15-14-22(37)16-25(23)32/h2-16,18,37H,17H2,1H3,(H,33,39)(H,34,38)/t18-/m0/s1. The molecule has 0 fully saturated rings. The van der Waals surface area contributed by atoms with E-state index in [-0.39, 0.29) is 11.7 Å². The van der Waals surface area contributed by atoms with Gasteiger partial charge in [-0.1, -0.05) is 59.6 Å². The molecule has 0 radical (unpaired) electrons. The van der Waals surface area contributed by atoms with E-state index in [1.165, 1.54) is 6.07 Å². The van der Waals surface area contributed by atoms with Crippen LogP contribution in [0.15, 0.2) is 91.0 Å². The lowest BCUT2D eigenvalue weighted by Crippen LogP contribution is -2.41. The number of phenolic OH excluding ortho intramolecular Hbond substituents is 1. The zero-order valence-corrected chi connectivity index (χ0v) is 22.4. The number of carbonyl (C=O) groups excluding carboxylic acids is 2. The van der Waals surface area contributed by atoms with Gasteiger partial charge in [0.25, 0.3) is 5.91 Å². The molecule has 1 aromatic heterocycles. The van der Waals surface area contributed by atoms with Gasteiger partial charge in [-0.3, -0.25) is 9.59 Å². The smallest absolute Gasteiger partial charge is 0.254 e. The van der Waals surface area contributed by atoms with Crippen molar-refractivity contribution in [2.24, 2.45) is 0 Å². The molecule has 0 bridgehead atoms. The number of carbonyl (C=O) groups is 2. The van der Waals surface area contributed by atoms with Crippen molar-refractivity contribution in [1.29, 1.82) is 0 Å². The molecule has 0 spiro atoms. The van der Waals surface area contributed by atoms with Crippen LogP contribution in [0.1, 0.15) is 22.8 Å². The fraction of sp³-hybridized carbons (Fsp3) is 0.100. The summed E-state index contributed by atoms with van der Waals surface area (Å²) in [7, 11) is 0. The summed E-state index contributed by atoms with van der Waals surface area (Å²) in [6.07, 6.45) is 0. The maximum atomic E-state index is 13.5. The Labute approximate surface area is 235 Å². The Morgan fingerprint density at radius 1 is 0.949 bits per heavy atom. The number of anilines is 1. The van der Waals surface area contributed by atoms with Gasteiger partial charge in [-0.15, -0.1) is 0 Å². The Morgan fingerprint density at radius 3 is 2.41 bits per heavy atom. The van der Waals surface area contributed by atoms with Crippen molar-refractivity contribution in [3.05, 3.63) is 112 Å². The molecule has 196 valence electrons. The van der Waals surface area contributed by atoms with E-state index in [1.54, 1.807) is 55.5 Å². The number of nitrogens with one attached hydrogen (secondary N) is 2. The van der Waals surface area contributed by atoms with Crippen molar-refractivity contribution < 1.29 is 14.7 Å². The van der Waals surface area contributed by atoms with Crippen LogP contribution < -0.4 is 10.6 Å². The molecule has 0 aliphatic rings. The highest BCUT2D eigenvalue weighted by Gasteiger charge is 2.23. The first kappa shape index (κ1) is 26.3. The summed E-state index contributed by atoms with van der Waals surface area (Å²) in [5.41, 5.74) is 3.74. The molecule has 0 saturated heterocycles. The van der Waals surface area contributed by atoms with Gasteiger partial charge in [0.15, 0.2) is 0 Å². The number of rotatable bonds is 7. The Bertz CT molecular complexity index is 1670. The maximum Gasteiger partial charge on any atom is 0.254 e. The number of fused-ring (bicyclic) bond motifs is 1. The summed E-state index contributed by atoms with van der Waals surface area (Å²) in [6, 6.07) is 25.7. The second kappa shape index (κ2) is 11.2. The third-order valence-electron chi connectivity index (χ3n) is 6.24. The summed E-state index contributed by atoms with van der Waals surface area (Å²) in [5, 5.41) is 16.3. The number of halogens is 2. The molecule has 1 heterocycles. The first-order valence-electron chi connectivity index (χ1n) is 12.2. The molecule has 0 aliphatic carbocycles. The van der Waals surface area contributed by atoms with Crippen molar-refractivity contribution in [2.45, 2.75) is 19.5 Å². The molecule has 0 unspecified atom stereocenters. The van der Waals surface area contributed by atoms with Crippen LogP contribution in [-0.4, -0.2) is 32.5 Å². The Morgan fingerprint density at radius 2 is 1.69 bits per heavy atom. The number of hydrogen-bond donors (Lipinski definition) is 3. The third-order valence-corrected chi connectivity index (χ3v) is 6.81. The molecule has 39 heavy (non-hydrogen) atoms. The van der Waals surface area contributed by atoms with Gasteiger partial charge in [-0.2, -0.15) is 0 Å². The van der Waals surface area contributed by atoms with Crippen molar-refractivity contribution in [3.8, 4) is 17.1 Å². The lowest BCUT2D eigenvalue weighted by Gasteiger charge is -2.16. The van der Waals surface area contributed by atoms with Crippen molar-refractivity contribution in [3.63, 3.8) is 0 Å². The molecular weight excluding hydrogens is 535 g/mol. The number of para-hydroxylation sites is 1. The minimum Gasteiger partial charge on any atom is -0.508 e. The Kier molecular flexibility index (Phi) is 7.54. The van der Waals surface area contributed by atoms with E-state index in [2.05, 4.69) is 10.6 Å². The molecule has 7 nitrogen and oxygen atoms in total. The molecule has 4 aromatic carbocycles. The lowest BCUT2D eigenvalue weighted by atomic mass is 10.1. The summed E-state index contributed by atoms with van der Waals surface area (Å²) in [4.78, 5) is 31.1. The topological polar surface area (TPSA) is 96.2 Å². The highest BCUT2D eigenvalue weighted by Crippen LogP contribution is 2.34. The fourth-order valence-electron chi connectivity index (χ4n) is 4.30. The number of benzene rings is 4. The normalized spacial score (nSPS) is 11.8. The fourth-order valence-corrected chi connectivity index (χ4v) is 4.69. The maximum absolute atomic E-state index is 13.5. The second-order valence-electron chi connectivity index (χ2n) is 9.04. The van der Waals surface area contributed by atoms with Crippen LogP contribution >= 0.6 is 23.2 Å². The first-order valence-corrected chi connectivity index (χ1v) is 12.9. The molecule has 5 aromatic rings. The zero-order chi connectivity index (χ0) is 27.5. The minimum absolute atomic E-state index is 0.0420. The summed E-state index contributed by atoms with van der Waals surface area (Å²) >= 11 is 12.4. The van der Waals surface area contributed by atoms with Gasteiger partial charge in [0, 0.05) is 22.8 Å².